The Morgan fingerprint density at radius 2 is 2.21 bits per heavy atom. The zero-order chi connectivity index (χ0) is 10.8. The van der Waals surface area contributed by atoms with E-state index in [4.69, 9.17) is 10.4 Å². The number of carboxylic acids is 1. The fourth-order valence-corrected chi connectivity index (χ4v) is 0.796. The number of nitriles is 1. The van der Waals surface area contributed by atoms with Gasteiger partial charge in [0, 0.05) is 12.4 Å². The van der Waals surface area contributed by atoms with E-state index in [1.165, 1.54) is 0 Å². The summed E-state index contributed by atoms with van der Waals surface area (Å²) in [5.74, 6) is -6.28. The number of pyridine rings is 1. The van der Waals surface area contributed by atoms with Gasteiger partial charge in [-0.3, -0.25) is 4.98 Å². The van der Waals surface area contributed by atoms with Crippen molar-refractivity contribution in [2.24, 2.45) is 0 Å². The largest absolute Gasteiger partial charge is 0.477 e. The van der Waals surface area contributed by atoms with E-state index in [2.05, 4.69) is 4.98 Å². The third-order valence-corrected chi connectivity index (χ3v) is 1.50. The average molecular weight is 198 g/mol. The number of carboxylic acid groups (broad SMARTS) is 1. The van der Waals surface area contributed by atoms with Crippen LogP contribution in [0, 0.1) is 11.3 Å². The highest BCUT2D eigenvalue weighted by Gasteiger charge is 2.41. The minimum atomic E-state index is -4.01. The van der Waals surface area contributed by atoms with Crippen LogP contribution in [0.5, 0.6) is 0 Å². The quantitative estimate of drug-likeness (QED) is 0.772. The first-order chi connectivity index (χ1) is 6.48. The summed E-state index contributed by atoms with van der Waals surface area (Å²) >= 11 is 0. The van der Waals surface area contributed by atoms with Crippen LogP contribution < -0.4 is 0 Å². The van der Waals surface area contributed by atoms with E-state index >= 15 is 0 Å². The number of rotatable bonds is 2. The standard InChI is InChI=1S/C8H4F2N2O2/c9-8(10,7(13)14)6-1-5(2-11)3-12-4-6/h1,3-4H,(H,13,14). The Bertz CT molecular complexity index is 412. The number of aliphatic carboxylic acids is 1. The summed E-state index contributed by atoms with van der Waals surface area (Å²) in [6.45, 7) is 0. The van der Waals surface area contributed by atoms with Crippen molar-refractivity contribution >= 4 is 5.97 Å². The van der Waals surface area contributed by atoms with E-state index in [1.807, 2.05) is 0 Å². The molecule has 1 N–H and O–H groups in total. The molecule has 0 bridgehead atoms. The normalized spacial score (nSPS) is 10.6. The van der Waals surface area contributed by atoms with Gasteiger partial charge < -0.3 is 5.11 Å². The minimum Gasteiger partial charge on any atom is -0.477 e. The third-order valence-electron chi connectivity index (χ3n) is 1.50. The van der Waals surface area contributed by atoms with Gasteiger partial charge in [0.25, 0.3) is 0 Å². The molecule has 72 valence electrons. The lowest BCUT2D eigenvalue weighted by molar-refractivity contribution is -0.166. The molecule has 14 heavy (non-hydrogen) atoms. The zero-order valence-electron chi connectivity index (χ0n) is 6.74. The molecule has 6 heteroatoms. The van der Waals surface area contributed by atoms with Crippen LogP contribution in [0.2, 0.25) is 0 Å². The van der Waals surface area contributed by atoms with Gasteiger partial charge in [-0.25, -0.2) is 4.79 Å². The number of aromatic nitrogens is 1. The van der Waals surface area contributed by atoms with Crippen molar-refractivity contribution in [1.29, 1.82) is 5.26 Å². The minimum absolute atomic E-state index is 0.108. The molecule has 1 aromatic rings. The molecule has 1 heterocycles. The number of hydrogen-bond donors (Lipinski definition) is 1. The Labute approximate surface area is 77.4 Å². The second kappa shape index (κ2) is 3.38. The number of halogens is 2. The van der Waals surface area contributed by atoms with E-state index in [9.17, 15) is 13.6 Å². The Kier molecular flexibility index (Phi) is 2.42. The molecule has 4 nitrogen and oxygen atoms in total. The molecule has 0 fully saturated rings. The topological polar surface area (TPSA) is 74.0 Å². The van der Waals surface area contributed by atoms with Gasteiger partial charge in [-0.1, -0.05) is 0 Å². The summed E-state index contributed by atoms with van der Waals surface area (Å²) in [4.78, 5) is 13.5. The van der Waals surface area contributed by atoms with Gasteiger partial charge in [0.15, 0.2) is 0 Å². The fraction of sp³-hybridized carbons (Fsp3) is 0.125. The maximum Gasteiger partial charge on any atom is 0.379 e. The Morgan fingerprint density at radius 1 is 1.57 bits per heavy atom. The highest BCUT2D eigenvalue weighted by atomic mass is 19.3. The van der Waals surface area contributed by atoms with Gasteiger partial charge in [-0.05, 0) is 6.07 Å². The molecule has 0 saturated carbocycles. The van der Waals surface area contributed by atoms with Crippen LogP contribution in [0.1, 0.15) is 11.1 Å². The molecule has 0 spiro atoms. The lowest BCUT2D eigenvalue weighted by atomic mass is 10.1. The maximum absolute atomic E-state index is 12.8. The van der Waals surface area contributed by atoms with E-state index < -0.39 is 17.5 Å². The predicted molar refractivity (Wildman–Crippen MR) is 40.5 cm³/mol. The number of hydrogen-bond acceptors (Lipinski definition) is 3. The first-order valence-electron chi connectivity index (χ1n) is 3.45. The van der Waals surface area contributed by atoms with Crippen LogP contribution in [-0.4, -0.2) is 16.1 Å². The molecule has 0 aliphatic heterocycles. The second-order valence-corrected chi connectivity index (χ2v) is 2.45. The number of carbonyl (C=O) groups is 1. The van der Waals surface area contributed by atoms with Crippen molar-refractivity contribution in [3.05, 3.63) is 29.6 Å². The molecule has 0 saturated heterocycles. The van der Waals surface area contributed by atoms with Crippen molar-refractivity contribution in [1.82, 2.24) is 4.98 Å². The van der Waals surface area contributed by atoms with Crippen LogP contribution in [0.25, 0.3) is 0 Å². The van der Waals surface area contributed by atoms with E-state index in [0.29, 0.717) is 0 Å². The number of nitrogens with zero attached hydrogens (tertiary/aromatic N) is 2. The molecule has 1 aromatic heterocycles. The van der Waals surface area contributed by atoms with Gasteiger partial charge in [-0.15, -0.1) is 0 Å². The van der Waals surface area contributed by atoms with Crippen molar-refractivity contribution in [3.63, 3.8) is 0 Å². The van der Waals surface area contributed by atoms with E-state index in [1.54, 1.807) is 6.07 Å². The fourth-order valence-electron chi connectivity index (χ4n) is 0.796. The summed E-state index contributed by atoms with van der Waals surface area (Å²) in [6, 6.07) is 2.38. The molecule has 0 atom stereocenters. The van der Waals surface area contributed by atoms with Gasteiger partial charge in [0.05, 0.1) is 11.1 Å². The summed E-state index contributed by atoms with van der Waals surface area (Å²) in [7, 11) is 0. The average Bonchev–Trinajstić information content (AvgIpc) is 2.17. The molecule has 0 unspecified atom stereocenters. The Morgan fingerprint density at radius 3 is 2.71 bits per heavy atom. The van der Waals surface area contributed by atoms with E-state index in [-0.39, 0.29) is 5.56 Å². The van der Waals surface area contributed by atoms with Crippen molar-refractivity contribution < 1.29 is 18.7 Å². The molecule has 0 radical (unpaired) electrons. The van der Waals surface area contributed by atoms with Crippen LogP contribution in [0.3, 0.4) is 0 Å². The van der Waals surface area contributed by atoms with E-state index in [0.717, 1.165) is 18.5 Å². The van der Waals surface area contributed by atoms with Gasteiger partial charge in [0.2, 0.25) is 0 Å². The highest BCUT2D eigenvalue weighted by molar-refractivity contribution is 5.77. The van der Waals surface area contributed by atoms with Gasteiger partial charge in [-0.2, -0.15) is 14.0 Å². The monoisotopic (exact) mass is 198 g/mol. The Hall–Kier alpha value is -2.03. The third kappa shape index (κ3) is 1.66. The molecule has 0 amide bonds. The van der Waals surface area contributed by atoms with Crippen LogP contribution >= 0.6 is 0 Å². The number of alkyl halides is 2. The summed E-state index contributed by atoms with van der Waals surface area (Å²) in [5.41, 5.74) is -0.910. The lowest BCUT2D eigenvalue weighted by Gasteiger charge is -2.10. The van der Waals surface area contributed by atoms with Crippen LogP contribution in [-0.2, 0) is 10.7 Å². The van der Waals surface area contributed by atoms with Crippen molar-refractivity contribution in [3.8, 4) is 6.07 Å². The van der Waals surface area contributed by atoms with Crippen LogP contribution in [0.15, 0.2) is 18.5 Å². The first kappa shape index (κ1) is 10.1. The maximum atomic E-state index is 12.8. The highest BCUT2D eigenvalue weighted by Crippen LogP contribution is 2.27. The lowest BCUT2D eigenvalue weighted by Crippen LogP contribution is -2.25. The SMILES string of the molecule is N#Cc1cncc(C(F)(F)C(=O)O)c1. The molecular weight excluding hydrogens is 194 g/mol. The summed E-state index contributed by atoms with van der Waals surface area (Å²) < 4.78 is 25.7. The molecular formula is C8H4F2N2O2. The molecule has 1 rings (SSSR count). The summed E-state index contributed by atoms with van der Waals surface area (Å²) in [6.07, 6.45) is 1.79. The molecule has 0 aromatic carbocycles. The Balaban J connectivity index is 3.21. The van der Waals surface area contributed by atoms with Crippen LogP contribution in [0.4, 0.5) is 8.78 Å². The predicted octanol–water partition coefficient (Wildman–Crippen LogP) is 1.13. The smallest absolute Gasteiger partial charge is 0.379 e. The zero-order valence-corrected chi connectivity index (χ0v) is 6.74. The molecule has 0 aliphatic carbocycles. The second-order valence-electron chi connectivity index (χ2n) is 2.45. The van der Waals surface area contributed by atoms with Gasteiger partial charge in [0.1, 0.15) is 6.07 Å². The summed E-state index contributed by atoms with van der Waals surface area (Å²) in [5, 5.41) is 16.6. The molecule has 0 aliphatic rings. The first-order valence-corrected chi connectivity index (χ1v) is 3.45. The van der Waals surface area contributed by atoms with Crippen molar-refractivity contribution in [2.75, 3.05) is 0 Å². The van der Waals surface area contributed by atoms with Crippen molar-refractivity contribution in [2.45, 2.75) is 5.92 Å². The van der Waals surface area contributed by atoms with Gasteiger partial charge >= 0.3 is 11.9 Å².